The Hall–Kier alpha value is -3.44. The van der Waals surface area contributed by atoms with E-state index in [1.54, 1.807) is 7.11 Å². The number of rotatable bonds is 9. The van der Waals surface area contributed by atoms with Crippen LogP contribution >= 0.6 is 23.1 Å². The molecule has 2 unspecified atom stereocenters. The highest BCUT2D eigenvalue weighted by Crippen LogP contribution is 2.31. The molecule has 11 heteroatoms. The molecule has 2 aromatic carbocycles. The van der Waals surface area contributed by atoms with E-state index in [1.807, 2.05) is 79.9 Å². The Morgan fingerprint density at radius 1 is 1.00 bits per heavy atom. The molecule has 2 heterocycles. The number of para-hydroxylation sites is 1. The predicted octanol–water partition coefficient (Wildman–Crippen LogP) is 4.70. The van der Waals surface area contributed by atoms with Gasteiger partial charge in [0.2, 0.25) is 11.0 Å². The van der Waals surface area contributed by atoms with Crippen LogP contribution in [0.2, 0.25) is 0 Å². The molecule has 0 aliphatic carbocycles. The van der Waals surface area contributed by atoms with Gasteiger partial charge in [-0.05, 0) is 57.2 Å². The maximum atomic E-state index is 12.7. The summed E-state index contributed by atoms with van der Waals surface area (Å²) in [6, 6.07) is 17.1. The molecule has 0 aliphatic rings. The Balaban J connectivity index is 1.57. The van der Waals surface area contributed by atoms with Gasteiger partial charge in [0.25, 0.3) is 0 Å². The Bertz CT molecular complexity index is 1240. The van der Waals surface area contributed by atoms with Crippen molar-refractivity contribution in [3.63, 3.8) is 0 Å². The predicted molar refractivity (Wildman–Crippen MR) is 132 cm³/mol. The molecule has 2 aromatic heterocycles. The fourth-order valence-electron chi connectivity index (χ4n) is 3.12. The molecular weight excluding hydrogens is 472 g/mol. The summed E-state index contributed by atoms with van der Waals surface area (Å²) >= 11 is 2.64. The van der Waals surface area contributed by atoms with E-state index >= 15 is 0 Å². The quantitative estimate of drug-likeness (QED) is 0.333. The molecule has 0 aliphatic heterocycles. The van der Waals surface area contributed by atoms with Crippen LogP contribution in [0.4, 0.5) is 5.13 Å². The number of aryl methyl sites for hydroxylation is 1. The number of methoxy groups -OCH3 is 1. The topological polar surface area (TPSA) is 104 Å². The third-order valence-corrected chi connectivity index (χ3v) is 6.61. The van der Waals surface area contributed by atoms with Crippen LogP contribution in [-0.4, -0.2) is 43.2 Å². The van der Waals surface area contributed by atoms with Gasteiger partial charge < -0.3 is 9.47 Å². The van der Waals surface area contributed by atoms with Gasteiger partial charge in [-0.3, -0.25) is 14.7 Å². The molecule has 0 radical (unpaired) electrons. The second-order valence-electron chi connectivity index (χ2n) is 7.32. The number of anilines is 1. The van der Waals surface area contributed by atoms with Crippen LogP contribution < -0.4 is 14.8 Å². The molecule has 4 aromatic rings. The van der Waals surface area contributed by atoms with Crippen LogP contribution in [0.25, 0.3) is 5.69 Å². The fourth-order valence-corrected chi connectivity index (χ4v) is 4.59. The lowest BCUT2D eigenvalue weighted by atomic mass is 10.3. The molecule has 34 heavy (non-hydrogen) atoms. The standard InChI is InChI=1S/C23H24N6O3S2/c1-14(32-19-12-10-18(31-4)11-13-19)20-26-28-23(29(20)17-8-6-5-7-9-17)33-15(2)21(30)24-22-27-25-16(3)34-22/h5-15H,1-4H3,(H,24,27,30). The number of hydrogen-bond acceptors (Lipinski definition) is 9. The van der Waals surface area contributed by atoms with Crippen molar-refractivity contribution < 1.29 is 14.3 Å². The monoisotopic (exact) mass is 496 g/mol. The second kappa shape index (κ2) is 10.7. The number of amides is 1. The SMILES string of the molecule is COc1ccc(OC(C)c2nnc(SC(C)C(=O)Nc3nnc(C)s3)n2-c2ccccc2)cc1. The highest BCUT2D eigenvalue weighted by molar-refractivity contribution is 8.00. The van der Waals surface area contributed by atoms with Gasteiger partial charge >= 0.3 is 0 Å². The van der Waals surface area contributed by atoms with Gasteiger partial charge in [0.05, 0.1) is 12.4 Å². The molecule has 1 N–H and O–H groups in total. The number of nitrogens with one attached hydrogen (secondary N) is 1. The summed E-state index contributed by atoms with van der Waals surface area (Å²) in [5.41, 5.74) is 0.877. The number of aromatic nitrogens is 5. The smallest absolute Gasteiger partial charge is 0.239 e. The zero-order valence-electron chi connectivity index (χ0n) is 19.1. The summed E-state index contributed by atoms with van der Waals surface area (Å²) < 4.78 is 13.3. The van der Waals surface area contributed by atoms with Gasteiger partial charge in [0.15, 0.2) is 17.1 Å². The van der Waals surface area contributed by atoms with E-state index in [9.17, 15) is 4.79 Å². The first-order valence-corrected chi connectivity index (χ1v) is 12.2. The van der Waals surface area contributed by atoms with Crippen molar-refractivity contribution >= 4 is 34.1 Å². The van der Waals surface area contributed by atoms with E-state index < -0.39 is 11.4 Å². The molecule has 0 fully saturated rings. The third-order valence-electron chi connectivity index (χ3n) is 4.82. The molecule has 9 nitrogen and oxygen atoms in total. The number of carbonyl (C=O) groups is 1. The highest BCUT2D eigenvalue weighted by atomic mass is 32.2. The van der Waals surface area contributed by atoms with E-state index in [0.717, 1.165) is 16.4 Å². The zero-order valence-corrected chi connectivity index (χ0v) is 20.8. The van der Waals surface area contributed by atoms with Gasteiger partial charge in [0, 0.05) is 5.69 Å². The van der Waals surface area contributed by atoms with Crippen molar-refractivity contribution in [3.8, 4) is 17.2 Å². The van der Waals surface area contributed by atoms with Crippen LogP contribution in [0.15, 0.2) is 59.8 Å². The van der Waals surface area contributed by atoms with E-state index in [1.165, 1.54) is 23.1 Å². The Morgan fingerprint density at radius 3 is 2.35 bits per heavy atom. The minimum Gasteiger partial charge on any atom is -0.497 e. The summed E-state index contributed by atoms with van der Waals surface area (Å²) in [7, 11) is 1.62. The van der Waals surface area contributed by atoms with Gasteiger partial charge in [-0.1, -0.05) is 41.3 Å². The van der Waals surface area contributed by atoms with E-state index in [-0.39, 0.29) is 5.91 Å². The lowest BCUT2D eigenvalue weighted by Gasteiger charge is -2.17. The lowest BCUT2D eigenvalue weighted by molar-refractivity contribution is -0.115. The first-order valence-electron chi connectivity index (χ1n) is 10.5. The Kier molecular flexibility index (Phi) is 7.43. The Labute approximate surface area is 205 Å². The van der Waals surface area contributed by atoms with Crippen LogP contribution in [-0.2, 0) is 4.79 Å². The highest BCUT2D eigenvalue weighted by Gasteiger charge is 2.25. The van der Waals surface area contributed by atoms with Crippen LogP contribution in [0.3, 0.4) is 0 Å². The van der Waals surface area contributed by atoms with Crippen molar-refractivity contribution in [2.45, 2.75) is 37.3 Å². The molecule has 1 amide bonds. The third kappa shape index (κ3) is 5.54. The van der Waals surface area contributed by atoms with Crippen LogP contribution in [0, 0.1) is 6.92 Å². The Morgan fingerprint density at radius 2 is 1.71 bits per heavy atom. The zero-order chi connectivity index (χ0) is 24.1. The maximum Gasteiger partial charge on any atom is 0.239 e. The van der Waals surface area contributed by atoms with Crippen molar-refractivity contribution in [1.29, 1.82) is 0 Å². The number of nitrogens with zero attached hydrogens (tertiary/aromatic N) is 5. The van der Waals surface area contributed by atoms with Crippen LogP contribution in [0.1, 0.15) is 30.8 Å². The number of carbonyl (C=O) groups excluding carboxylic acids is 1. The molecule has 0 saturated heterocycles. The first kappa shape index (κ1) is 23.7. The van der Waals surface area contributed by atoms with Gasteiger partial charge in [-0.2, -0.15) is 0 Å². The summed E-state index contributed by atoms with van der Waals surface area (Å²) in [6.45, 7) is 5.56. The molecule has 0 spiro atoms. The number of thioether (sulfide) groups is 1. The second-order valence-corrected chi connectivity index (χ2v) is 9.81. The number of ether oxygens (including phenoxy) is 2. The number of benzene rings is 2. The molecule has 2 atom stereocenters. The largest absolute Gasteiger partial charge is 0.497 e. The van der Waals surface area contributed by atoms with Crippen molar-refractivity contribution in [2.24, 2.45) is 0 Å². The van der Waals surface area contributed by atoms with Crippen molar-refractivity contribution in [2.75, 3.05) is 12.4 Å². The van der Waals surface area contributed by atoms with E-state index in [4.69, 9.17) is 9.47 Å². The normalized spacial score (nSPS) is 12.7. The minimum atomic E-state index is -0.443. The lowest BCUT2D eigenvalue weighted by Crippen LogP contribution is -2.23. The van der Waals surface area contributed by atoms with E-state index in [0.29, 0.717) is 21.9 Å². The molecule has 4 rings (SSSR count). The molecule has 176 valence electrons. The van der Waals surface area contributed by atoms with Gasteiger partial charge in [0.1, 0.15) is 16.5 Å². The summed E-state index contributed by atoms with van der Waals surface area (Å²) in [5.74, 6) is 1.87. The first-order chi connectivity index (χ1) is 16.4. The fraction of sp³-hybridized carbons (Fsp3) is 0.261. The molecular formula is C23H24N6O3S2. The summed E-state index contributed by atoms with van der Waals surface area (Å²) in [6.07, 6.45) is -0.399. The van der Waals surface area contributed by atoms with Crippen molar-refractivity contribution in [1.82, 2.24) is 25.0 Å². The van der Waals surface area contributed by atoms with E-state index in [2.05, 4.69) is 25.7 Å². The van der Waals surface area contributed by atoms with Crippen molar-refractivity contribution in [3.05, 3.63) is 65.4 Å². The van der Waals surface area contributed by atoms with Gasteiger partial charge in [-0.15, -0.1) is 20.4 Å². The maximum absolute atomic E-state index is 12.7. The molecule has 0 saturated carbocycles. The van der Waals surface area contributed by atoms with Gasteiger partial charge in [-0.25, -0.2) is 0 Å². The summed E-state index contributed by atoms with van der Waals surface area (Å²) in [5, 5.41) is 20.9. The molecule has 0 bridgehead atoms. The summed E-state index contributed by atoms with van der Waals surface area (Å²) in [4.78, 5) is 12.7. The van der Waals surface area contributed by atoms with Crippen LogP contribution in [0.5, 0.6) is 11.5 Å². The average Bonchev–Trinajstić information content (AvgIpc) is 3.45. The number of hydrogen-bond donors (Lipinski definition) is 1. The average molecular weight is 497 g/mol. The minimum absolute atomic E-state index is 0.187.